The van der Waals surface area contributed by atoms with Crippen molar-refractivity contribution in [1.29, 1.82) is 0 Å². The number of nitrogens with zero attached hydrogens (tertiary/aromatic N) is 4. The fraction of sp³-hybridized carbons (Fsp3) is 0.280. The van der Waals surface area contributed by atoms with Crippen LogP contribution in [0.3, 0.4) is 0 Å². The Morgan fingerprint density at radius 1 is 0.867 bits per heavy atom. The molecular weight excluding hydrogens is 370 g/mol. The van der Waals surface area contributed by atoms with Gasteiger partial charge in [0.15, 0.2) is 0 Å². The zero-order chi connectivity index (χ0) is 20.2. The zero-order valence-corrected chi connectivity index (χ0v) is 17.2. The number of imidazole rings is 1. The third kappa shape index (κ3) is 4.36. The monoisotopic (exact) mass is 397 g/mol. The van der Waals surface area contributed by atoms with Crippen LogP contribution in [-0.2, 0) is 12.8 Å². The number of hydrogen-bond donors (Lipinski definition) is 1. The Morgan fingerprint density at radius 3 is 2.53 bits per heavy atom. The molecule has 5 rings (SSSR count). The molecule has 0 unspecified atom stereocenters. The van der Waals surface area contributed by atoms with E-state index >= 15 is 0 Å². The molecule has 2 aromatic carbocycles. The van der Waals surface area contributed by atoms with Gasteiger partial charge in [0.05, 0.1) is 11.0 Å². The number of rotatable bonds is 6. The number of pyridine rings is 1. The maximum absolute atomic E-state index is 4.74. The summed E-state index contributed by atoms with van der Waals surface area (Å²) >= 11 is 0. The smallest absolute Gasteiger partial charge is 0.111 e. The van der Waals surface area contributed by atoms with Crippen molar-refractivity contribution in [3.05, 3.63) is 90.0 Å². The molecule has 3 heterocycles. The highest BCUT2D eigenvalue weighted by atomic mass is 15.3. The fourth-order valence-corrected chi connectivity index (χ4v) is 4.20. The van der Waals surface area contributed by atoms with Crippen LogP contribution in [0.1, 0.15) is 17.0 Å². The van der Waals surface area contributed by atoms with E-state index < -0.39 is 0 Å². The van der Waals surface area contributed by atoms with E-state index in [0.717, 1.165) is 62.4 Å². The summed E-state index contributed by atoms with van der Waals surface area (Å²) < 4.78 is 0. The van der Waals surface area contributed by atoms with Gasteiger partial charge in [-0.3, -0.25) is 9.88 Å². The van der Waals surface area contributed by atoms with Crippen LogP contribution in [0.25, 0.3) is 11.0 Å². The van der Waals surface area contributed by atoms with Crippen LogP contribution in [-0.4, -0.2) is 52.6 Å². The first-order valence-electron chi connectivity index (χ1n) is 10.7. The molecule has 0 bridgehead atoms. The van der Waals surface area contributed by atoms with Crippen LogP contribution in [0.15, 0.2) is 73.1 Å². The second-order valence-corrected chi connectivity index (χ2v) is 7.99. The lowest BCUT2D eigenvalue weighted by Gasteiger charge is -2.36. The van der Waals surface area contributed by atoms with Crippen LogP contribution in [0.2, 0.25) is 0 Å². The molecule has 2 aromatic heterocycles. The summed E-state index contributed by atoms with van der Waals surface area (Å²) in [6.07, 6.45) is 5.55. The number of piperazine rings is 1. The second-order valence-electron chi connectivity index (χ2n) is 7.99. The van der Waals surface area contributed by atoms with Crippen LogP contribution in [0, 0.1) is 0 Å². The molecule has 5 heteroatoms. The van der Waals surface area contributed by atoms with Crippen molar-refractivity contribution in [2.24, 2.45) is 0 Å². The molecule has 0 radical (unpaired) electrons. The molecule has 0 aliphatic carbocycles. The van der Waals surface area contributed by atoms with Gasteiger partial charge in [-0.05, 0) is 47.9 Å². The van der Waals surface area contributed by atoms with E-state index in [-0.39, 0.29) is 0 Å². The summed E-state index contributed by atoms with van der Waals surface area (Å²) in [5.41, 5.74) is 6.04. The summed E-state index contributed by atoms with van der Waals surface area (Å²) in [6.45, 7) is 5.54. The minimum absolute atomic E-state index is 0.781. The maximum atomic E-state index is 4.74. The quantitative estimate of drug-likeness (QED) is 0.536. The first-order valence-corrected chi connectivity index (χ1v) is 10.7. The minimum atomic E-state index is 0.781. The highest BCUT2D eigenvalue weighted by Gasteiger charge is 2.16. The van der Waals surface area contributed by atoms with Gasteiger partial charge in [-0.15, -0.1) is 0 Å². The Labute approximate surface area is 177 Å². The highest BCUT2D eigenvalue weighted by Crippen LogP contribution is 2.18. The predicted octanol–water partition coefficient (Wildman–Crippen LogP) is 3.91. The first kappa shape index (κ1) is 18.8. The summed E-state index contributed by atoms with van der Waals surface area (Å²) in [7, 11) is 0. The molecular formula is C25H27N5. The molecule has 1 N–H and O–H groups in total. The molecule has 1 aliphatic rings. The lowest BCUT2D eigenvalue weighted by molar-refractivity contribution is 0.261. The van der Waals surface area contributed by atoms with E-state index in [0.29, 0.717) is 0 Å². The van der Waals surface area contributed by atoms with Crippen LogP contribution in [0.4, 0.5) is 5.69 Å². The molecule has 1 aliphatic heterocycles. The van der Waals surface area contributed by atoms with Gasteiger partial charge in [-0.1, -0.05) is 30.3 Å². The zero-order valence-electron chi connectivity index (χ0n) is 17.2. The summed E-state index contributed by atoms with van der Waals surface area (Å²) in [5.74, 6) is 0.993. The summed E-state index contributed by atoms with van der Waals surface area (Å²) in [4.78, 5) is 17.5. The highest BCUT2D eigenvalue weighted by molar-refractivity contribution is 5.76. The number of benzene rings is 2. The SMILES string of the molecule is c1ccc(N2CCN(CCc3ccc4nc(Cc5cccnc5)[nH]c4c3)CC2)cc1. The number of H-pyrrole nitrogens is 1. The molecule has 5 nitrogen and oxygen atoms in total. The molecule has 1 fully saturated rings. The average Bonchev–Trinajstić information content (AvgIpc) is 3.21. The van der Waals surface area contributed by atoms with Crippen LogP contribution >= 0.6 is 0 Å². The number of hydrogen-bond acceptors (Lipinski definition) is 4. The number of nitrogens with one attached hydrogen (secondary N) is 1. The van der Waals surface area contributed by atoms with Gasteiger partial charge in [0.25, 0.3) is 0 Å². The molecule has 4 aromatic rings. The van der Waals surface area contributed by atoms with Gasteiger partial charge in [-0.25, -0.2) is 4.98 Å². The van der Waals surface area contributed by atoms with Crippen molar-refractivity contribution in [3.63, 3.8) is 0 Å². The van der Waals surface area contributed by atoms with Crippen LogP contribution < -0.4 is 4.90 Å². The molecule has 1 saturated heterocycles. The van der Waals surface area contributed by atoms with Crippen molar-refractivity contribution in [2.45, 2.75) is 12.8 Å². The van der Waals surface area contributed by atoms with Gasteiger partial charge in [0.1, 0.15) is 5.82 Å². The van der Waals surface area contributed by atoms with E-state index in [2.05, 4.69) is 74.4 Å². The Bertz CT molecular complexity index is 1080. The molecule has 0 spiro atoms. The molecule has 0 atom stereocenters. The Kier molecular flexibility index (Phi) is 5.44. The second kappa shape index (κ2) is 8.67. The van der Waals surface area contributed by atoms with Crippen molar-refractivity contribution < 1.29 is 0 Å². The third-order valence-corrected chi connectivity index (χ3v) is 5.90. The normalized spacial score (nSPS) is 15.0. The number of fused-ring (bicyclic) bond motifs is 1. The summed E-state index contributed by atoms with van der Waals surface area (Å²) in [5, 5.41) is 0. The van der Waals surface area contributed by atoms with Gasteiger partial charge >= 0.3 is 0 Å². The average molecular weight is 398 g/mol. The van der Waals surface area contributed by atoms with Crippen molar-refractivity contribution >= 4 is 16.7 Å². The first-order chi connectivity index (χ1) is 14.8. The van der Waals surface area contributed by atoms with Gasteiger partial charge in [0, 0.05) is 57.2 Å². The largest absolute Gasteiger partial charge is 0.369 e. The van der Waals surface area contributed by atoms with Gasteiger partial charge < -0.3 is 9.88 Å². The van der Waals surface area contributed by atoms with Crippen molar-refractivity contribution in [1.82, 2.24) is 19.9 Å². The van der Waals surface area contributed by atoms with Gasteiger partial charge in [-0.2, -0.15) is 0 Å². The number of anilines is 1. The van der Waals surface area contributed by atoms with Crippen LogP contribution in [0.5, 0.6) is 0 Å². The van der Waals surface area contributed by atoms with E-state index in [1.807, 2.05) is 12.3 Å². The van der Waals surface area contributed by atoms with Crippen molar-refractivity contribution in [2.75, 3.05) is 37.6 Å². The third-order valence-electron chi connectivity index (χ3n) is 5.90. The topological polar surface area (TPSA) is 48.1 Å². The Hall–Kier alpha value is -3.18. The van der Waals surface area contributed by atoms with E-state index in [9.17, 15) is 0 Å². The molecule has 152 valence electrons. The lowest BCUT2D eigenvalue weighted by Crippen LogP contribution is -2.46. The minimum Gasteiger partial charge on any atom is -0.369 e. The number of aromatic nitrogens is 3. The fourth-order valence-electron chi connectivity index (χ4n) is 4.20. The van der Waals surface area contributed by atoms with Gasteiger partial charge in [0.2, 0.25) is 0 Å². The Morgan fingerprint density at radius 2 is 1.73 bits per heavy atom. The standard InChI is InChI=1S/C25H27N5/c1-2-6-22(7-3-1)30-15-13-29(14-16-30)12-10-20-8-9-23-24(17-20)28-25(27-23)18-21-5-4-11-26-19-21/h1-9,11,17,19H,10,12-16,18H2,(H,27,28). The summed E-state index contributed by atoms with van der Waals surface area (Å²) in [6, 6.07) is 21.4. The molecule has 0 saturated carbocycles. The number of aromatic amines is 1. The predicted molar refractivity (Wildman–Crippen MR) is 122 cm³/mol. The van der Waals surface area contributed by atoms with E-state index in [1.54, 1.807) is 6.20 Å². The molecule has 30 heavy (non-hydrogen) atoms. The maximum Gasteiger partial charge on any atom is 0.111 e. The number of para-hydroxylation sites is 1. The molecule has 0 amide bonds. The van der Waals surface area contributed by atoms with E-state index in [1.165, 1.54) is 16.8 Å². The van der Waals surface area contributed by atoms with E-state index in [4.69, 9.17) is 4.98 Å². The Balaban J connectivity index is 1.17. The van der Waals surface area contributed by atoms with Crippen molar-refractivity contribution in [3.8, 4) is 0 Å². The lowest BCUT2D eigenvalue weighted by atomic mass is 10.1.